The highest BCUT2D eigenvalue weighted by Crippen LogP contribution is 2.33. The number of carboxylic acid groups (broad SMARTS) is 1. The second-order valence-electron chi connectivity index (χ2n) is 3.85. The number of thioether (sulfide) groups is 1. The fraction of sp³-hybridized carbons (Fsp3) is 0.545. The van der Waals surface area contributed by atoms with Gasteiger partial charge in [-0.1, -0.05) is 0 Å². The molecular weight excluding hydrogens is 212 g/mol. The van der Waals surface area contributed by atoms with Crippen molar-refractivity contribution in [2.75, 3.05) is 11.5 Å². The van der Waals surface area contributed by atoms with Gasteiger partial charge in [-0.2, -0.15) is 11.8 Å². The molecule has 1 aromatic rings. The molecule has 1 saturated heterocycles. The highest BCUT2D eigenvalue weighted by atomic mass is 32.2. The van der Waals surface area contributed by atoms with Gasteiger partial charge in [0.1, 0.15) is 5.76 Å². The summed E-state index contributed by atoms with van der Waals surface area (Å²) in [5.41, 5.74) is 0.732. The summed E-state index contributed by atoms with van der Waals surface area (Å²) in [5, 5.41) is 8.88. The fourth-order valence-corrected chi connectivity index (χ4v) is 3.01. The van der Waals surface area contributed by atoms with E-state index in [2.05, 4.69) is 0 Å². The summed E-state index contributed by atoms with van der Waals surface area (Å²) < 4.78 is 5.41. The summed E-state index contributed by atoms with van der Waals surface area (Å²) in [4.78, 5) is 10.8. The molecule has 0 aromatic carbocycles. The fourth-order valence-electron chi connectivity index (χ4n) is 1.90. The lowest BCUT2D eigenvalue weighted by atomic mass is 10.00. The average Bonchev–Trinajstić information content (AvgIpc) is 2.62. The minimum absolute atomic E-state index is 0.100. The zero-order valence-electron chi connectivity index (χ0n) is 8.66. The molecule has 15 heavy (non-hydrogen) atoms. The van der Waals surface area contributed by atoms with Gasteiger partial charge in [0.05, 0.1) is 0 Å². The molecule has 0 saturated carbocycles. The number of hydrogen-bond donors (Lipinski definition) is 1. The Labute approximate surface area is 92.9 Å². The molecular formula is C11H14O3S. The van der Waals surface area contributed by atoms with Crippen molar-refractivity contribution in [3.63, 3.8) is 0 Å². The lowest BCUT2D eigenvalue weighted by molar-refractivity contribution is 0.0658. The maximum Gasteiger partial charge on any atom is 0.372 e. The largest absolute Gasteiger partial charge is 0.475 e. The van der Waals surface area contributed by atoms with Crippen molar-refractivity contribution in [2.24, 2.45) is 0 Å². The van der Waals surface area contributed by atoms with Gasteiger partial charge in [-0.3, -0.25) is 0 Å². The lowest BCUT2D eigenvalue weighted by Gasteiger charge is -2.18. The van der Waals surface area contributed by atoms with Crippen molar-refractivity contribution in [1.29, 1.82) is 0 Å². The minimum Gasteiger partial charge on any atom is -0.475 e. The molecule has 3 nitrogen and oxygen atoms in total. The minimum atomic E-state index is -0.969. The molecule has 1 N–H and O–H groups in total. The molecule has 4 heteroatoms. The van der Waals surface area contributed by atoms with Gasteiger partial charge >= 0.3 is 5.97 Å². The standard InChI is InChI=1S/C11H14O3S/c1-7-6-9(14-10(7)11(12)13)8-2-4-15-5-3-8/h6,8H,2-5H2,1H3,(H,12,13). The molecule has 0 unspecified atom stereocenters. The van der Waals surface area contributed by atoms with E-state index >= 15 is 0 Å². The second-order valence-corrected chi connectivity index (χ2v) is 5.08. The molecule has 0 aliphatic carbocycles. The molecule has 2 rings (SSSR count). The highest BCUT2D eigenvalue weighted by molar-refractivity contribution is 7.99. The maximum absolute atomic E-state index is 10.8. The van der Waals surface area contributed by atoms with E-state index in [1.54, 1.807) is 6.92 Å². The average molecular weight is 226 g/mol. The van der Waals surface area contributed by atoms with Crippen LogP contribution in [-0.2, 0) is 0 Å². The molecule has 1 fully saturated rings. The van der Waals surface area contributed by atoms with E-state index in [0.29, 0.717) is 5.92 Å². The first kappa shape index (κ1) is 10.6. The third-order valence-corrected chi connectivity index (χ3v) is 3.80. The Morgan fingerprint density at radius 2 is 2.20 bits per heavy atom. The third-order valence-electron chi connectivity index (χ3n) is 2.75. The number of hydrogen-bond acceptors (Lipinski definition) is 3. The Morgan fingerprint density at radius 3 is 2.73 bits per heavy atom. The van der Waals surface area contributed by atoms with Crippen LogP contribution in [0.4, 0.5) is 0 Å². The molecule has 1 aromatic heterocycles. The number of carbonyl (C=O) groups is 1. The van der Waals surface area contributed by atoms with Crippen LogP contribution in [-0.4, -0.2) is 22.6 Å². The Balaban J connectivity index is 2.21. The van der Waals surface area contributed by atoms with Gasteiger partial charge < -0.3 is 9.52 Å². The monoisotopic (exact) mass is 226 g/mol. The number of rotatable bonds is 2. The third kappa shape index (κ3) is 2.20. The van der Waals surface area contributed by atoms with Gasteiger partial charge in [0.15, 0.2) is 0 Å². The van der Waals surface area contributed by atoms with Crippen LogP contribution < -0.4 is 0 Å². The SMILES string of the molecule is Cc1cc(C2CCSCC2)oc1C(=O)O. The summed E-state index contributed by atoms with van der Waals surface area (Å²) in [6.07, 6.45) is 2.19. The van der Waals surface area contributed by atoms with E-state index in [9.17, 15) is 4.79 Å². The quantitative estimate of drug-likeness (QED) is 0.842. The van der Waals surface area contributed by atoms with Crippen LogP contribution in [0.3, 0.4) is 0 Å². The lowest BCUT2D eigenvalue weighted by Crippen LogP contribution is -2.06. The van der Waals surface area contributed by atoms with E-state index < -0.39 is 5.97 Å². The van der Waals surface area contributed by atoms with Crippen molar-refractivity contribution >= 4 is 17.7 Å². The summed E-state index contributed by atoms with van der Waals surface area (Å²) in [5.74, 6) is 2.69. The summed E-state index contributed by atoms with van der Waals surface area (Å²) in [7, 11) is 0. The summed E-state index contributed by atoms with van der Waals surface area (Å²) in [6.45, 7) is 1.79. The van der Waals surface area contributed by atoms with Gasteiger partial charge in [0.25, 0.3) is 0 Å². The second kappa shape index (κ2) is 4.31. The van der Waals surface area contributed by atoms with Gasteiger partial charge in [0, 0.05) is 11.5 Å². The molecule has 0 bridgehead atoms. The highest BCUT2D eigenvalue weighted by Gasteiger charge is 2.22. The normalized spacial score (nSPS) is 17.9. The van der Waals surface area contributed by atoms with Crippen LogP contribution in [0.1, 0.15) is 40.6 Å². The Bertz CT molecular complexity index is 364. The van der Waals surface area contributed by atoms with Gasteiger partial charge in [-0.15, -0.1) is 0 Å². The van der Waals surface area contributed by atoms with Crippen molar-refractivity contribution in [3.05, 3.63) is 23.2 Å². The maximum atomic E-state index is 10.8. The van der Waals surface area contributed by atoms with E-state index in [-0.39, 0.29) is 5.76 Å². The van der Waals surface area contributed by atoms with Crippen molar-refractivity contribution in [2.45, 2.75) is 25.7 Å². The van der Waals surface area contributed by atoms with Gasteiger partial charge in [0.2, 0.25) is 5.76 Å². The zero-order chi connectivity index (χ0) is 10.8. The predicted molar refractivity (Wildman–Crippen MR) is 59.7 cm³/mol. The first-order valence-electron chi connectivity index (χ1n) is 5.10. The molecule has 1 aliphatic heterocycles. The van der Waals surface area contributed by atoms with Crippen LogP contribution in [0.5, 0.6) is 0 Å². The molecule has 0 spiro atoms. The van der Waals surface area contributed by atoms with Gasteiger partial charge in [-0.25, -0.2) is 4.79 Å². The van der Waals surface area contributed by atoms with E-state index in [1.165, 1.54) is 0 Å². The molecule has 1 aliphatic rings. The molecule has 82 valence electrons. The molecule has 0 radical (unpaired) electrons. The van der Waals surface area contributed by atoms with E-state index in [0.717, 1.165) is 35.7 Å². The zero-order valence-corrected chi connectivity index (χ0v) is 9.47. The summed E-state index contributed by atoms with van der Waals surface area (Å²) in [6, 6.07) is 1.88. The first-order valence-corrected chi connectivity index (χ1v) is 6.25. The Kier molecular flexibility index (Phi) is 3.05. The molecule has 2 heterocycles. The van der Waals surface area contributed by atoms with E-state index in [4.69, 9.17) is 9.52 Å². The van der Waals surface area contributed by atoms with Crippen molar-refractivity contribution in [1.82, 2.24) is 0 Å². The predicted octanol–water partition coefficient (Wildman–Crippen LogP) is 2.90. The van der Waals surface area contributed by atoms with Crippen LogP contribution in [0, 0.1) is 6.92 Å². The topological polar surface area (TPSA) is 50.4 Å². The Morgan fingerprint density at radius 1 is 1.53 bits per heavy atom. The Hall–Kier alpha value is -0.900. The van der Waals surface area contributed by atoms with Crippen molar-refractivity contribution < 1.29 is 14.3 Å². The van der Waals surface area contributed by atoms with Crippen LogP contribution in [0.15, 0.2) is 10.5 Å². The smallest absolute Gasteiger partial charge is 0.372 e. The number of carboxylic acids is 1. The number of furan rings is 1. The van der Waals surface area contributed by atoms with Gasteiger partial charge in [-0.05, 0) is 37.3 Å². The number of aromatic carboxylic acids is 1. The van der Waals surface area contributed by atoms with Crippen LogP contribution in [0.25, 0.3) is 0 Å². The van der Waals surface area contributed by atoms with E-state index in [1.807, 2.05) is 17.8 Å². The molecule has 0 atom stereocenters. The first-order chi connectivity index (χ1) is 7.18. The van der Waals surface area contributed by atoms with Crippen molar-refractivity contribution in [3.8, 4) is 0 Å². The number of aryl methyl sites for hydroxylation is 1. The van der Waals surface area contributed by atoms with Crippen LogP contribution in [0.2, 0.25) is 0 Å². The molecule has 0 amide bonds. The van der Waals surface area contributed by atoms with Crippen LogP contribution >= 0.6 is 11.8 Å². The summed E-state index contributed by atoms with van der Waals surface area (Å²) >= 11 is 1.95.